The first-order valence-electron chi connectivity index (χ1n) is 9.25. The van der Waals surface area contributed by atoms with Crippen LogP contribution in [-0.4, -0.2) is 28.5 Å². The van der Waals surface area contributed by atoms with E-state index in [0.29, 0.717) is 23.9 Å². The van der Waals surface area contributed by atoms with Crippen molar-refractivity contribution >= 4 is 23.3 Å². The molecule has 3 rings (SSSR count). The molecule has 3 aromatic rings. The number of carbonyl (C=O) groups excluding carboxylic acids is 1. The number of nitrogens with one attached hydrogen (secondary N) is 2. The van der Waals surface area contributed by atoms with Crippen molar-refractivity contribution in [2.45, 2.75) is 26.3 Å². The van der Waals surface area contributed by atoms with Crippen LogP contribution in [0.3, 0.4) is 0 Å². The molecule has 1 heterocycles. The van der Waals surface area contributed by atoms with E-state index in [1.165, 1.54) is 0 Å². The molecular weight excluding hydrogens is 372 g/mol. The number of carbonyl (C=O) groups is 1. The summed E-state index contributed by atoms with van der Waals surface area (Å²) in [5, 5.41) is 6.90. The molecule has 1 amide bonds. The van der Waals surface area contributed by atoms with Crippen LogP contribution >= 0.6 is 11.6 Å². The van der Waals surface area contributed by atoms with Crippen molar-refractivity contribution in [3.63, 3.8) is 0 Å². The van der Waals surface area contributed by atoms with E-state index in [1.54, 1.807) is 6.07 Å². The van der Waals surface area contributed by atoms with Gasteiger partial charge in [0, 0.05) is 29.2 Å². The molecule has 2 aromatic carbocycles. The Morgan fingerprint density at radius 2 is 1.82 bits per heavy atom. The molecular formula is C22H23ClN4O. The van der Waals surface area contributed by atoms with E-state index in [1.807, 2.05) is 68.4 Å². The molecule has 0 bridgehead atoms. The highest BCUT2D eigenvalue weighted by Gasteiger charge is 2.13. The molecule has 0 aliphatic heterocycles. The largest absolute Gasteiger partial charge is 0.370 e. The minimum absolute atomic E-state index is 0.0295. The second kappa shape index (κ2) is 9.33. The molecule has 2 N–H and O–H groups in total. The molecule has 0 unspecified atom stereocenters. The fraction of sp³-hybridized carbons (Fsp3) is 0.227. The van der Waals surface area contributed by atoms with Gasteiger partial charge < -0.3 is 10.6 Å². The maximum absolute atomic E-state index is 12.5. The molecule has 0 saturated heterocycles. The van der Waals surface area contributed by atoms with Gasteiger partial charge in [-0.05, 0) is 38.0 Å². The predicted molar refractivity (Wildman–Crippen MR) is 114 cm³/mol. The van der Waals surface area contributed by atoms with E-state index in [4.69, 9.17) is 11.6 Å². The van der Waals surface area contributed by atoms with Crippen LogP contribution in [0.5, 0.6) is 0 Å². The van der Waals surface area contributed by atoms with Crippen LogP contribution in [0.1, 0.15) is 29.9 Å². The Labute approximate surface area is 170 Å². The van der Waals surface area contributed by atoms with Crippen LogP contribution in [-0.2, 0) is 6.42 Å². The van der Waals surface area contributed by atoms with Crippen LogP contribution < -0.4 is 10.6 Å². The standard InChI is InChI=1S/C22H23ClN4O/c1-15(2)25-22(28)19-14-20(24-12-11-16-7-6-10-18(23)13-16)27-21(26-19)17-8-4-3-5-9-17/h3-10,13-15H,11-12H2,1-2H3,(H,25,28)(H,24,26,27). The van der Waals surface area contributed by atoms with Crippen LogP contribution in [0.2, 0.25) is 5.02 Å². The van der Waals surface area contributed by atoms with E-state index in [9.17, 15) is 4.79 Å². The molecule has 144 valence electrons. The van der Waals surface area contributed by atoms with E-state index in [0.717, 1.165) is 22.6 Å². The van der Waals surface area contributed by atoms with Crippen LogP contribution in [0.25, 0.3) is 11.4 Å². The van der Waals surface area contributed by atoms with E-state index in [2.05, 4.69) is 20.6 Å². The Morgan fingerprint density at radius 1 is 1.04 bits per heavy atom. The third-order valence-electron chi connectivity index (χ3n) is 4.02. The Hall–Kier alpha value is -2.92. The predicted octanol–water partition coefficient (Wildman–Crippen LogP) is 4.59. The summed E-state index contributed by atoms with van der Waals surface area (Å²) in [5.74, 6) is 0.916. The van der Waals surface area contributed by atoms with Gasteiger partial charge in [-0.1, -0.05) is 54.1 Å². The van der Waals surface area contributed by atoms with Crippen molar-refractivity contribution in [2.75, 3.05) is 11.9 Å². The van der Waals surface area contributed by atoms with Gasteiger partial charge in [0.25, 0.3) is 5.91 Å². The number of nitrogens with zero attached hydrogens (tertiary/aromatic N) is 2. The zero-order chi connectivity index (χ0) is 19.9. The van der Waals surface area contributed by atoms with Gasteiger partial charge in [0.1, 0.15) is 11.5 Å². The third kappa shape index (κ3) is 5.54. The lowest BCUT2D eigenvalue weighted by Crippen LogP contribution is -2.31. The molecule has 1 aromatic heterocycles. The minimum atomic E-state index is -0.215. The van der Waals surface area contributed by atoms with Gasteiger partial charge in [-0.15, -0.1) is 0 Å². The first-order valence-corrected chi connectivity index (χ1v) is 9.63. The SMILES string of the molecule is CC(C)NC(=O)c1cc(NCCc2cccc(Cl)c2)nc(-c2ccccc2)n1. The summed E-state index contributed by atoms with van der Waals surface area (Å²) in [6.07, 6.45) is 0.790. The zero-order valence-corrected chi connectivity index (χ0v) is 16.7. The molecule has 0 aliphatic rings. The quantitative estimate of drug-likeness (QED) is 0.615. The highest BCUT2D eigenvalue weighted by atomic mass is 35.5. The maximum atomic E-state index is 12.5. The van der Waals surface area contributed by atoms with E-state index >= 15 is 0 Å². The third-order valence-corrected chi connectivity index (χ3v) is 4.25. The summed E-state index contributed by atoms with van der Waals surface area (Å²) in [6.45, 7) is 4.50. The maximum Gasteiger partial charge on any atom is 0.270 e. The van der Waals surface area contributed by atoms with Gasteiger partial charge in [0.05, 0.1) is 0 Å². The lowest BCUT2D eigenvalue weighted by Gasteiger charge is -2.12. The zero-order valence-electron chi connectivity index (χ0n) is 15.9. The number of aromatic nitrogens is 2. The lowest BCUT2D eigenvalue weighted by atomic mass is 10.1. The summed E-state index contributed by atoms with van der Waals surface area (Å²) in [7, 11) is 0. The smallest absolute Gasteiger partial charge is 0.270 e. The molecule has 0 atom stereocenters. The van der Waals surface area contributed by atoms with Gasteiger partial charge in [-0.3, -0.25) is 4.79 Å². The monoisotopic (exact) mass is 394 g/mol. The summed E-state index contributed by atoms with van der Waals surface area (Å²) in [4.78, 5) is 21.5. The number of rotatable bonds is 7. The summed E-state index contributed by atoms with van der Waals surface area (Å²) < 4.78 is 0. The van der Waals surface area contributed by atoms with Gasteiger partial charge in [-0.25, -0.2) is 9.97 Å². The molecule has 0 radical (unpaired) electrons. The van der Waals surface area contributed by atoms with Crippen molar-refractivity contribution in [1.82, 2.24) is 15.3 Å². The first-order chi connectivity index (χ1) is 13.5. The average molecular weight is 395 g/mol. The summed E-state index contributed by atoms with van der Waals surface area (Å²) in [6, 6.07) is 19.1. The fourth-order valence-electron chi connectivity index (χ4n) is 2.73. The number of benzene rings is 2. The second-order valence-electron chi connectivity index (χ2n) is 6.76. The van der Waals surface area contributed by atoms with Gasteiger partial charge in [0.2, 0.25) is 0 Å². The van der Waals surface area contributed by atoms with Gasteiger partial charge in [0.15, 0.2) is 5.82 Å². The number of amides is 1. The van der Waals surface area contributed by atoms with Crippen molar-refractivity contribution in [3.8, 4) is 11.4 Å². The second-order valence-corrected chi connectivity index (χ2v) is 7.20. The highest BCUT2D eigenvalue weighted by molar-refractivity contribution is 6.30. The molecule has 6 heteroatoms. The van der Waals surface area contributed by atoms with Gasteiger partial charge >= 0.3 is 0 Å². The molecule has 5 nitrogen and oxygen atoms in total. The first kappa shape index (κ1) is 19.8. The Balaban J connectivity index is 1.81. The molecule has 0 spiro atoms. The molecule has 28 heavy (non-hydrogen) atoms. The number of hydrogen-bond donors (Lipinski definition) is 2. The molecule has 0 saturated carbocycles. The van der Waals surface area contributed by atoms with Crippen molar-refractivity contribution < 1.29 is 4.79 Å². The lowest BCUT2D eigenvalue weighted by molar-refractivity contribution is 0.0938. The summed E-state index contributed by atoms with van der Waals surface area (Å²) in [5.41, 5.74) is 2.34. The van der Waals surface area contributed by atoms with Gasteiger partial charge in [-0.2, -0.15) is 0 Å². The van der Waals surface area contributed by atoms with E-state index < -0.39 is 0 Å². The van der Waals surface area contributed by atoms with Crippen molar-refractivity contribution in [3.05, 3.63) is 76.9 Å². The van der Waals surface area contributed by atoms with E-state index in [-0.39, 0.29) is 11.9 Å². The van der Waals surface area contributed by atoms with Crippen LogP contribution in [0.4, 0.5) is 5.82 Å². The molecule has 0 aliphatic carbocycles. The fourth-order valence-corrected chi connectivity index (χ4v) is 2.95. The highest BCUT2D eigenvalue weighted by Crippen LogP contribution is 2.18. The minimum Gasteiger partial charge on any atom is -0.370 e. The summed E-state index contributed by atoms with van der Waals surface area (Å²) >= 11 is 6.04. The topological polar surface area (TPSA) is 66.9 Å². The number of anilines is 1. The van der Waals surface area contributed by atoms with Crippen molar-refractivity contribution in [1.29, 1.82) is 0 Å². The Kier molecular flexibility index (Phi) is 6.61. The Bertz CT molecular complexity index is 944. The van der Waals surface area contributed by atoms with Crippen LogP contribution in [0.15, 0.2) is 60.7 Å². The molecule has 0 fully saturated rings. The van der Waals surface area contributed by atoms with Crippen LogP contribution in [0, 0.1) is 0 Å². The Morgan fingerprint density at radius 3 is 2.54 bits per heavy atom. The van der Waals surface area contributed by atoms with Crippen molar-refractivity contribution in [2.24, 2.45) is 0 Å². The normalized spacial score (nSPS) is 10.7. The number of halogens is 1. The number of hydrogen-bond acceptors (Lipinski definition) is 4. The average Bonchev–Trinajstić information content (AvgIpc) is 2.68.